The molecule has 0 fully saturated rings. The molecule has 0 aromatic carbocycles. The van der Waals surface area contributed by atoms with E-state index in [0.29, 0.717) is 5.92 Å². The van der Waals surface area contributed by atoms with Gasteiger partial charge in [0.25, 0.3) is 0 Å². The van der Waals surface area contributed by atoms with Crippen LogP contribution in [0.3, 0.4) is 0 Å². The first kappa shape index (κ1) is 7.90. The molecule has 0 radical (unpaired) electrons. The van der Waals surface area contributed by atoms with E-state index in [-0.39, 0.29) is 0 Å². The molecule has 2 heteroatoms. The number of hydrogen-bond donors (Lipinski definition) is 0. The Morgan fingerprint density at radius 3 is 2.44 bits per heavy atom. The largest absolute Gasteiger partial charge is 0.205 e. The van der Waals surface area contributed by atoms with Crippen molar-refractivity contribution in [1.82, 2.24) is 0 Å². The quantitative estimate of drug-likeness (QED) is 0.406. The van der Waals surface area contributed by atoms with E-state index in [4.69, 9.17) is 5.26 Å². The van der Waals surface area contributed by atoms with E-state index in [0.717, 1.165) is 5.71 Å². The summed E-state index contributed by atoms with van der Waals surface area (Å²) in [5, 5.41) is 8.13. The van der Waals surface area contributed by atoms with Crippen molar-refractivity contribution < 1.29 is 0 Å². The highest BCUT2D eigenvalue weighted by atomic mass is 14.7. The van der Waals surface area contributed by atoms with Gasteiger partial charge in [0.1, 0.15) is 0 Å². The summed E-state index contributed by atoms with van der Waals surface area (Å²) in [6.45, 7) is 7.46. The summed E-state index contributed by atoms with van der Waals surface area (Å²) < 4.78 is 0. The summed E-state index contributed by atoms with van der Waals surface area (Å²) >= 11 is 0. The van der Waals surface area contributed by atoms with E-state index in [9.17, 15) is 0 Å². The lowest BCUT2D eigenvalue weighted by Gasteiger charge is -1.98. The summed E-state index contributed by atoms with van der Waals surface area (Å²) in [7, 11) is 0. The van der Waals surface area contributed by atoms with Crippen LogP contribution >= 0.6 is 0 Å². The highest BCUT2D eigenvalue weighted by Crippen LogP contribution is 1.96. The first-order valence-corrected chi connectivity index (χ1v) is 2.81. The van der Waals surface area contributed by atoms with Gasteiger partial charge < -0.3 is 0 Å². The smallest absolute Gasteiger partial charge is 0.178 e. The molecule has 0 saturated heterocycles. The second-order valence-corrected chi connectivity index (χ2v) is 2.00. The van der Waals surface area contributed by atoms with Gasteiger partial charge in [-0.3, -0.25) is 0 Å². The van der Waals surface area contributed by atoms with Gasteiger partial charge in [0.2, 0.25) is 6.19 Å². The van der Waals surface area contributed by atoms with Crippen molar-refractivity contribution in [2.45, 2.75) is 13.8 Å². The SMILES string of the molecule is C=C/C(=N\C#N)C(C)C. The van der Waals surface area contributed by atoms with Gasteiger partial charge in [-0.15, -0.1) is 0 Å². The highest BCUT2D eigenvalue weighted by Gasteiger charge is 1.97. The van der Waals surface area contributed by atoms with Crippen LogP contribution in [-0.4, -0.2) is 5.71 Å². The second-order valence-electron chi connectivity index (χ2n) is 2.00. The third-order valence-electron chi connectivity index (χ3n) is 0.980. The lowest BCUT2D eigenvalue weighted by Crippen LogP contribution is -2.01. The third kappa shape index (κ3) is 2.65. The molecule has 0 aliphatic heterocycles. The van der Waals surface area contributed by atoms with Crippen LogP contribution in [0.4, 0.5) is 0 Å². The lowest BCUT2D eigenvalue weighted by molar-refractivity contribution is 0.889. The molecule has 0 saturated carbocycles. The minimum Gasteiger partial charge on any atom is -0.178 e. The average Bonchev–Trinajstić information content (AvgIpc) is 1.82. The number of hydrogen-bond acceptors (Lipinski definition) is 2. The van der Waals surface area contributed by atoms with E-state index in [1.165, 1.54) is 0 Å². The van der Waals surface area contributed by atoms with Crippen LogP contribution in [0.15, 0.2) is 17.6 Å². The van der Waals surface area contributed by atoms with Crippen molar-refractivity contribution in [2.24, 2.45) is 10.9 Å². The van der Waals surface area contributed by atoms with Crippen molar-refractivity contribution >= 4 is 5.71 Å². The zero-order valence-electron chi connectivity index (χ0n) is 5.76. The van der Waals surface area contributed by atoms with E-state index in [1.807, 2.05) is 13.8 Å². The second kappa shape index (κ2) is 3.85. The number of nitrogens with zero attached hydrogens (tertiary/aromatic N) is 2. The van der Waals surface area contributed by atoms with Crippen LogP contribution in [0.1, 0.15) is 13.8 Å². The Bertz CT molecular complexity index is 160. The molecule has 0 unspecified atom stereocenters. The summed E-state index contributed by atoms with van der Waals surface area (Å²) in [5.74, 6) is 0.294. The van der Waals surface area contributed by atoms with Gasteiger partial charge in [-0.05, 0) is 12.0 Å². The van der Waals surface area contributed by atoms with Crippen molar-refractivity contribution in [3.63, 3.8) is 0 Å². The Morgan fingerprint density at radius 1 is 1.78 bits per heavy atom. The molecule has 0 rings (SSSR count). The van der Waals surface area contributed by atoms with Gasteiger partial charge >= 0.3 is 0 Å². The molecule has 0 aromatic heterocycles. The number of allylic oxidation sites excluding steroid dienone is 1. The van der Waals surface area contributed by atoms with Crippen molar-refractivity contribution in [1.29, 1.82) is 5.26 Å². The number of aliphatic imine (C=N–C) groups is 1. The normalized spacial score (nSPS) is 11.1. The van der Waals surface area contributed by atoms with Crippen molar-refractivity contribution in [3.05, 3.63) is 12.7 Å². The molecule has 0 aromatic rings. The predicted octanol–water partition coefficient (Wildman–Crippen LogP) is 1.75. The zero-order chi connectivity index (χ0) is 7.28. The minimum absolute atomic E-state index is 0.294. The standard InChI is InChI=1S/C7H10N2/c1-4-7(6(2)3)9-5-8/h4,6H,1H2,2-3H3/b9-7+. The molecule has 0 aliphatic rings. The molecular weight excluding hydrogens is 112 g/mol. The van der Waals surface area contributed by atoms with Gasteiger partial charge in [-0.25, -0.2) is 0 Å². The monoisotopic (exact) mass is 122 g/mol. The molecule has 0 heterocycles. The van der Waals surface area contributed by atoms with Gasteiger partial charge in [0, 0.05) is 0 Å². The van der Waals surface area contributed by atoms with Gasteiger partial charge in [0.15, 0.2) is 0 Å². The minimum atomic E-state index is 0.294. The van der Waals surface area contributed by atoms with Crippen LogP contribution in [-0.2, 0) is 0 Å². The zero-order valence-corrected chi connectivity index (χ0v) is 5.76. The third-order valence-corrected chi connectivity index (χ3v) is 0.980. The van der Waals surface area contributed by atoms with Crippen LogP contribution in [0.25, 0.3) is 0 Å². The average molecular weight is 122 g/mol. The topological polar surface area (TPSA) is 36.1 Å². The Labute approximate surface area is 55.5 Å². The van der Waals surface area contributed by atoms with Gasteiger partial charge in [0.05, 0.1) is 5.71 Å². The Morgan fingerprint density at radius 2 is 2.33 bits per heavy atom. The predicted molar refractivity (Wildman–Crippen MR) is 38.1 cm³/mol. The first-order valence-electron chi connectivity index (χ1n) is 2.81. The first-order chi connectivity index (χ1) is 4.22. The molecule has 48 valence electrons. The molecular formula is C7H10N2. The van der Waals surface area contributed by atoms with E-state index >= 15 is 0 Å². The fourth-order valence-corrected chi connectivity index (χ4v) is 0.468. The van der Waals surface area contributed by atoms with Crippen molar-refractivity contribution in [2.75, 3.05) is 0 Å². The van der Waals surface area contributed by atoms with E-state index in [1.54, 1.807) is 12.3 Å². The van der Waals surface area contributed by atoms with E-state index in [2.05, 4.69) is 11.6 Å². The van der Waals surface area contributed by atoms with Gasteiger partial charge in [-0.1, -0.05) is 20.4 Å². The molecule has 0 aliphatic carbocycles. The maximum Gasteiger partial charge on any atom is 0.205 e. The van der Waals surface area contributed by atoms with Crippen LogP contribution in [0, 0.1) is 17.4 Å². The van der Waals surface area contributed by atoms with Crippen LogP contribution in [0.2, 0.25) is 0 Å². The molecule has 0 atom stereocenters. The number of rotatable bonds is 2. The fraction of sp³-hybridized carbons (Fsp3) is 0.429. The summed E-state index contributed by atoms with van der Waals surface area (Å²) in [6.07, 6.45) is 3.32. The molecule has 0 bridgehead atoms. The summed E-state index contributed by atoms with van der Waals surface area (Å²) in [5.41, 5.74) is 0.748. The van der Waals surface area contributed by atoms with Crippen LogP contribution in [0.5, 0.6) is 0 Å². The Balaban J connectivity index is 4.19. The van der Waals surface area contributed by atoms with Crippen molar-refractivity contribution in [3.8, 4) is 6.19 Å². The summed E-state index contributed by atoms with van der Waals surface area (Å²) in [6, 6.07) is 0. The number of nitriles is 1. The molecule has 9 heavy (non-hydrogen) atoms. The molecule has 0 N–H and O–H groups in total. The lowest BCUT2D eigenvalue weighted by atomic mass is 10.1. The maximum atomic E-state index is 8.13. The maximum absolute atomic E-state index is 8.13. The van der Waals surface area contributed by atoms with E-state index < -0.39 is 0 Å². The molecule has 0 spiro atoms. The highest BCUT2D eigenvalue weighted by molar-refractivity contribution is 5.96. The Hall–Kier alpha value is -1.10. The fourth-order valence-electron chi connectivity index (χ4n) is 0.468. The molecule has 2 nitrogen and oxygen atoms in total. The summed E-state index contributed by atoms with van der Waals surface area (Å²) in [4.78, 5) is 3.55. The Kier molecular flexibility index (Phi) is 3.38. The van der Waals surface area contributed by atoms with Crippen LogP contribution < -0.4 is 0 Å². The molecule has 0 amide bonds. The van der Waals surface area contributed by atoms with Gasteiger partial charge in [-0.2, -0.15) is 10.3 Å².